The van der Waals surface area contributed by atoms with Gasteiger partial charge in [-0.3, -0.25) is 0 Å². The Labute approximate surface area is 110 Å². The van der Waals surface area contributed by atoms with Gasteiger partial charge in [-0.1, -0.05) is 28.2 Å². The average molecular weight is 268 g/mol. The van der Waals surface area contributed by atoms with Crippen LogP contribution in [0.3, 0.4) is 0 Å². The Hall–Kier alpha value is -0.970. The van der Waals surface area contributed by atoms with Gasteiger partial charge >= 0.3 is 0 Å². The largest absolute Gasteiger partial charge is 0.323 e. The fraction of sp³-hybridized carbons (Fsp3) is 0.333. The Bertz CT molecular complexity index is 524. The molecule has 3 nitrogen and oxygen atoms in total. The van der Waals surface area contributed by atoms with Crippen molar-refractivity contribution in [3.05, 3.63) is 44.9 Å². The second-order valence-electron chi connectivity index (χ2n) is 4.13. The van der Waals surface area contributed by atoms with Crippen LogP contribution in [0.4, 0.5) is 0 Å². The van der Waals surface area contributed by atoms with Crippen LogP contribution in [0.15, 0.2) is 18.2 Å². The fourth-order valence-corrected chi connectivity index (χ4v) is 2.68. The summed E-state index contributed by atoms with van der Waals surface area (Å²) < 4.78 is 3.90. The molecule has 17 heavy (non-hydrogen) atoms. The van der Waals surface area contributed by atoms with Crippen molar-refractivity contribution in [2.24, 2.45) is 5.73 Å². The van der Waals surface area contributed by atoms with Crippen molar-refractivity contribution in [2.75, 3.05) is 0 Å². The number of benzene rings is 1. The number of aromatic nitrogens is 2. The molecule has 1 unspecified atom stereocenters. The summed E-state index contributed by atoms with van der Waals surface area (Å²) in [4.78, 5) is 1.03. The van der Waals surface area contributed by atoms with E-state index in [0.717, 1.165) is 26.7 Å². The third kappa shape index (κ3) is 2.83. The molecule has 2 aromatic rings. The first kappa shape index (κ1) is 12.5. The van der Waals surface area contributed by atoms with E-state index in [2.05, 4.69) is 9.59 Å². The highest BCUT2D eigenvalue weighted by molar-refractivity contribution is 7.05. The Morgan fingerprint density at radius 1 is 1.41 bits per heavy atom. The number of nitrogens with zero attached hydrogens (tertiary/aromatic N) is 2. The normalized spacial score (nSPS) is 12.7. The topological polar surface area (TPSA) is 51.8 Å². The highest BCUT2D eigenvalue weighted by Gasteiger charge is 2.14. The van der Waals surface area contributed by atoms with Gasteiger partial charge in [-0.2, -0.15) is 0 Å². The molecule has 0 saturated carbocycles. The molecule has 0 spiro atoms. The molecule has 0 radical (unpaired) electrons. The van der Waals surface area contributed by atoms with Crippen LogP contribution in [0.1, 0.15) is 27.7 Å². The summed E-state index contributed by atoms with van der Waals surface area (Å²) in [6, 6.07) is 5.95. The third-order valence-corrected chi connectivity index (χ3v) is 3.98. The lowest BCUT2D eigenvalue weighted by Crippen LogP contribution is -2.13. The van der Waals surface area contributed by atoms with Crippen molar-refractivity contribution in [3.63, 3.8) is 0 Å². The van der Waals surface area contributed by atoms with E-state index in [1.165, 1.54) is 11.5 Å². The molecule has 5 heteroatoms. The summed E-state index contributed by atoms with van der Waals surface area (Å²) in [5.74, 6) is 0. The summed E-state index contributed by atoms with van der Waals surface area (Å²) >= 11 is 7.55. The first-order chi connectivity index (χ1) is 8.08. The molecular weight excluding hydrogens is 254 g/mol. The minimum absolute atomic E-state index is 0.0878. The van der Waals surface area contributed by atoms with Crippen LogP contribution in [0, 0.1) is 13.8 Å². The molecule has 0 aliphatic rings. The van der Waals surface area contributed by atoms with Crippen molar-refractivity contribution in [2.45, 2.75) is 26.3 Å². The predicted molar refractivity (Wildman–Crippen MR) is 71.5 cm³/mol. The molecule has 1 aromatic heterocycles. The smallest absolute Gasteiger partial charge is 0.0772 e. The van der Waals surface area contributed by atoms with Gasteiger partial charge in [0, 0.05) is 11.1 Å². The fourth-order valence-electron chi connectivity index (χ4n) is 1.72. The predicted octanol–water partition coefficient (Wildman–Crippen LogP) is 3.05. The quantitative estimate of drug-likeness (QED) is 0.930. The number of hydrogen-bond donors (Lipinski definition) is 1. The average Bonchev–Trinajstić information content (AvgIpc) is 2.68. The van der Waals surface area contributed by atoms with Crippen LogP contribution in [0.5, 0.6) is 0 Å². The van der Waals surface area contributed by atoms with Crippen molar-refractivity contribution >= 4 is 23.1 Å². The van der Waals surface area contributed by atoms with Crippen molar-refractivity contribution in [3.8, 4) is 0 Å². The molecule has 1 atom stereocenters. The van der Waals surface area contributed by atoms with Crippen LogP contribution in [0.25, 0.3) is 0 Å². The van der Waals surface area contributed by atoms with Gasteiger partial charge in [-0.05, 0) is 49.0 Å². The second kappa shape index (κ2) is 5.12. The van der Waals surface area contributed by atoms with Crippen LogP contribution < -0.4 is 5.73 Å². The van der Waals surface area contributed by atoms with Crippen LogP contribution in [0.2, 0.25) is 5.02 Å². The lowest BCUT2D eigenvalue weighted by Gasteiger charge is -2.11. The van der Waals surface area contributed by atoms with Gasteiger partial charge in [0.15, 0.2) is 0 Å². The highest BCUT2D eigenvalue weighted by Crippen LogP contribution is 2.25. The van der Waals surface area contributed by atoms with E-state index in [9.17, 15) is 0 Å². The van der Waals surface area contributed by atoms with Crippen molar-refractivity contribution in [1.82, 2.24) is 9.59 Å². The molecule has 0 fully saturated rings. The van der Waals surface area contributed by atoms with E-state index >= 15 is 0 Å². The molecule has 2 N–H and O–H groups in total. The summed E-state index contributed by atoms with van der Waals surface area (Å²) in [6.45, 7) is 3.95. The molecule has 0 saturated heterocycles. The number of nitrogens with two attached hydrogens (primary N) is 1. The lowest BCUT2D eigenvalue weighted by atomic mass is 10.0. The number of halogens is 1. The molecule has 1 heterocycles. The third-order valence-electron chi connectivity index (χ3n) is 2.67. The second-order valence-corrected chi connectivity index (χ2v) is 5.32. The van der Waals surface area contributed by atoms with E-state index < -0.39 is 0 Å². The Balaban J connectivity index is 2.19. The van der Waals surface area contributed by atoms with Crippen molar-refractivity contribution in [1.29, 1.82) is 0 Å². The molecule has 2 rings (SSSR count). The number of hydrogen-bond acceptors (Lipinski definition) is 4. The van der Waals surface area contributed by atoms with Crippen LogP contribution in [-0.4, -0.2) is 9.59 Å². The maximum absolute atomic E-state index is 6.19. The molecular formula is C12H14ClN3S. The van der Waals surface area contributed by atoms with Crippen molar-refractivity contribution < 1.29 is 0 Å². The van der Waals surface area contributed by atoms with Gasteiger partial charge < -0.3 is 5.73 Å². The van der Waals surface area contributed by atoms with Gasteiger partial charge in [-0.15, -0.1) is 5.10 Å². The lowest BCUT2D eigenvalue weighted by molar-refractivity contribution is 0.728. The first-order valence-corrected chi connectivity index (χ1v) is 6.52. The van der Waals surface area contributed by atoms with Crippen LogP contribution in [-0.2, 0) is 6.42 Å². The van der Waals surface area contributed by atoms with E-state index in [1.807, 2.05) is 32.0 Å². The summed E-state index contributed by atoms with van der Waals surface area (Å²) in [5, 5.41) is 4.75. The molecule has 0 amide bonds. The minimum Gasteiger partial charge on any atom is -0.323 e. The number of aryl methyl sites for hydroxylation is 2. The SMILES string of the molecule is Cc1ccc(CC(N)c2snnc2C)c(Cl)c1. The Morgan fingerprint density at radius 2 is 2.18 bits per heavy atom. The molecule has 1 aromatic carbocycles. The summed E-state index contributed by atoms with van der Waals surface area (Å²) in [7, 11) is 0. The summed E-state index contributed by atoms with van der Waals surface area (Å²) in [5.41, 5.74) is 9.28. The molecule has 0 aliphatic heterocycles. The molecule has 90 valence electrons. The van der Waals surface area contributed by atoms with E-state index in [4.69, 9.17) is 17.3 Å². The van der Waals surface area contributed by atoms with Gasteiger partial charge in [0.25, 0.3) is 0 Å². The van der Waals surface area contributed by atoms with Crippen LogP contribution >= 0.6 is 23.1 Å². The van der Waals surface area contributed by atoms with Gasteiger partial charge in [0.05, 0.1) is 10.6 Å². The Morgan fingerprint density at radius 3 is 2.76 bits per heavy atom. The molecule has 0 bridgehead atoms. The molecule has 0 aliphatic carbocycles. The maximum Gasteiger partial charge on any atom is 0.0772 e. The van der Waals surface area contributed by atoms with E-state index in [0.29, 0.717) is 6.42 Å². The zero-order chi connectivity index (χ0) is 12.4. The van der Waals surface area contributed by atoms with Gasteiger partial charge in [0.1, 0.15) is 0 Å². The zero-order valence-corrected chi connectivity index (χ0v) is 11.3. The first-order valence-electron chi connectivity index (χ1n) is 5.37. The number of rotatable bonds is 3. The zero-order valence-electron chi connectivity index (χ0n) is 9.77. The monoisotopic (exact) mass is 267 g/mol. The highest BCUT2D eigenvalue weighted by atomic mass is 35.5. The Kier molecular flexibility index (Phi) is 3.76. The van der Waals surface area contributed by atoms with E-state index in [-0.39, 0.29) is 6.04 Å². The maximum atomic E-state index is 6.19. The van der Waals surface area contributed by atoms with E-state index in [1.54, 1.807) is 0 Å². The summed E-state index contributed by atoms with van der Waals surface area (Å²) in [6.07, 6.45) is 0.712. The minimum atomic E-state index is -0.0878. The van der Waals surface area contributed by atoms with Gasteiger partial charge in [0.2, 0.25) is 0 Å². The van der Waals surface area contributed by atoms with Gasteiger partial charge in [-0.25, -0.2) is 0 Å². The standard InChI is InChI=1S/C12H14ClN3S/c1-7-3-4-9(10(13)5-7)6-11(14)12-8(2)15-16-17-12/h3-5,11H,6,14H2,1-2H3.